The Labute approximate surface area is 69.5 Å². The SMILES string of the molecule is CC(C)(C)C(=O)CSC(F)F. The molecule has 0 rings (SSSR count). The number of Topliss-reactive ketones (excluding diaryl/α,β-unsaturated/α-hetero) is 1. The number of hydrogen-bond donors (Lipinski definition) is 0. The fourth-order valence-corrected chi connectivity index (χ4v) is 1.07. The van der Waals surface area contributed by atoms with Gasteiger partial charge in [0.15, 0.2) is 0 Å². The number of carbonyl (C=O) groups is 1. The van der Waals surface area contributed by atoms with E-state index in [4.69, 9.17) is 0 Å². The van der Waals surface area contributed by atoms with Gasteiger partial charge in [-0.25, -0.2) is 0 Å². The van der Waals surface area contributed by atoms with Crippen molar-refractivity contribution in [1.29, 1.82) is 0 Å². The first kappa shape index (κ1) is 10.9. The van der Waals surface area contributed by atoms with E-state index in [9.17, 15) is 13.6 Å². The fourth-order valence-electron chi connectivity index (χ4n) is 0.355. The van der Waals surface area contributed by atoms with Crippen molar-refractivity contribution in [3.63, 3.8) is 0 Å². The molecular weight excluding hydrogens is 170 g/mol. The van der Waals surface area contributed by atoms with Crippen LogP contribution in [0.3, 0.4) is 0 Å². The van der Waals surface area contributed by atoms with Gasteiger partial charge in [0.25, 0.3) is 5.76 Å². The number of thioether (sulfide) groups is 1. The minimum atomic E-state index is -2.44. The Morgan fingerprint density at radius 3 is 2.18 bits per heavy atom. The number of ketones is 1. The predicted molar refractivity (Wildman–Crippen MR) is 42.9 cm³/mol. The minimum Gasteiger partial charge on any atom is -0.298 e. The monoisotopic (exact) mass is 182 g/mol. The first-order chi connectivity index (χ1) is 4.84. The molecule has 0 aliphatic heterocycles. The van der Waals surface area contributed by atoms with Crippen LogP contribution in [0, 0.1) is 5.41 Å². The van der Waals surface area contributed by atoms with Crippen molar-refractivity contribution in [2.45, 2.75) is 26.5 Å². The van der Waals surface area contributed by atoms with E-state index in [1.807, 2.05) is 0 Å². The van der Waals surface area contributed by atoms with Crippen LogP contribution in [-0.4, -0.2) is 17.3 Å². The van der Waals surface area contributed by atoms with Crippen molar-refractivity contribution in [3.05, 3.63) is 0 Å². The van der Waals surface area contributed by atoms with Gasteiger partial charge in [0.1, 0.15) is 5.78 Å². The molecule has 0 unspecified atom stereocenters. The lowest BCUT2D eigenvalue weighted by molar-refractivity contribution is -0.123. The molecule has 0 bridgehead atoms. The second-order valence-corrected chi connectivity index (χ2v) is 4.22. The summed E-state index contributed by atoms with van der Waals surface area (Å²) >= 11 is 0.383. The lowest BCUT2D eigenvalue weighted by Gasteiger charge is -2.15. The van der Waals surface area contributed by atoms with E-state index in [-0.39, 0.29) is 11.5 Å². The van der Waals surface area contributed by atoms with E-state index in [0.29, 0.717) is 11.8 Å². The highest BCUT2D eigenvalue weighted by Gasteiger charge is 2.21. The second kappa shape index (κ2) is 4.04. The van der Waals surface area contributed by atoms with Crippen molar-refractivity contribution in [2.24, 2.45) is 5.41 Å². The zero-order chi connectivity index (χ0) is 9.07. The second-order valence-electron chi connectivity index (χ2n) is 3.24. The highest BCUT2D eigenvalue weighted by atomic mass is 32.2. The lowest BCUT2D eigenvalue weighted by atomic mass is 9.92. The summed E-state index contributed by atoms with van der Waals surface area (Å²) in [6, 6.07) is 0. The van der Waals surface area contributed by atoms with Gasteiger partial charge >= 0.3 is 0 Å². The maximum atomic E-state index is 11.6. The normalized spacial score (nSPS) is 12.2. The molecule has 0 saturated heterocycles. The molecule has 0 radical (unpaired) electrons. The molecule has 1 nitrogen and oxygen atoms in total. The summed E-state index contributed by atoms with van der Waals surface area (Å²) < 4.78 is 23.2. The van der Waals surface area contributed by atoms with Crippen LogP contribution in [-0.2, 0) is 4.79 Å². The van der Waals surface area contributed by atoms with Crippen LogP contribution >= 0.6 is 11.8 Å². The third-order valence-electron chi connectivity index (χ3n) is 1.18. The van der Waals surface area contributed by atoms with Crippen molar-refractivity contribution >= 4 is 17.5 Å². The summed E-state index contributed by atoms with van der Waals surface area (Å²) in [4.78, 5) is 11.0. The van der Waals surface area contributed by atoms with Crippen LogP contribution in [0.5, 0.6) is 0 Å². The Kier molecular flexibility index (Phi) is 4.00. The van der Waals surface area contributed by atoms with Gasteiger partial charge in [-0.2, -0.15) is 8.78 Å². The molecule has 0 saturated carbocycles. The molecule has 0 atom stereocenters. The van der Waals surface area contributed by atoms with Crippen molar-refractivity contribution < 1.29 is 13.6 Å². The molecule has 66 valence electrons. The standard InChI is InChI=1S/C7H12F2OS/c1-7(2,3)5(10)4-11-6(8)9/h6H,4H2,1-3H3. The molecule has 4 heteroatoms. The Balaban J connectivity index is 3.71. The number of rotatable bonds is 3. The number of halogens is 2. The maximum absolute atomic E-state index is 11.6. The molecule has 0 fully saturated rings. The predicted octanol–water partition coefficient (Wildman–Crippen LogP) is 2.56. The first-order valence-electron chi connectivity index (χ1n) is 3.27. The van der Waals surface area contributed by atoms with Crippen LogP contribution in [0.15, 0.2) is 0 Å². The Bertz CT molecular complexity index is 140. The third-order valence-corrected chi connectivity index (χ3v) is 1.86. The summed E-state index contributed by atoms with van der Waals surface area (Å²) in [6.07, 6.45) is 0. The lowest BCUT2D eigenvalue weighted by Crippen LogP contribution is -2.22. The molecule has 0 amide bonds. The quantitative estimate of drug-likeness (QED) is 0.667. The molecule has 0 spiro atoms. The zero-order valence-corrected chi connectivity index (χ0v) is 7.67. The molecule has 0 aliphatic rings. The smallest absolute Gasteiger partial charge is 0.284 e. The largest absolute Gasteiger partial charge is 0.298 e. The van der Waals surface area contributed by atoms with E-state index in [0.717, 1.165) is 0 Å². The topological polar surface area (TPSA) is 17.1 Å². The van der Waals surface area contributed by atoms with Crippen LogP contribution in [0.2, 0.25) is 0 Å². The molecule has 0 heterocycles. The van der Waals surface area contributed by atoms with Crippen molar-refractivity contribution in [1.82, 2.24) is 0 Å². The van der Waals surface area contributed by atoms with Crippen LogP contribution < -0.4 is 0 Å². The molecule has 0 aromatic carbocycles. The zero-order valence-electron chi connectivity index (χ0n) is 6.86. The van der Waals surface area contributed by atoms with Crippen molar-refractivity contribution in [3.8, 4) is 0 Å². The van der Waals surface area contributed by atoms with Gasteiger partial charge in [0.2, 0.25) is 0 Å². The van der Waals surface area contributed by atoms with Crippen LogP contribution in [0.25, 0.3) is 0 Å². The average molecular weight is 182 g/mol. The van der Waals surface area contributed by atoms with E-state index in [1.54, 1.807) is 20.8 Å². The van der Waals surface area contributed by atoms with Gasteiger partial charge in [-0.1, -0.05) is 32.5 Å². The van der Waals surface area contributed by atoms with Crippen LogP contribution in [0.1, 0.15) is 20.8 Å². The molecule has 0 aromatic heterocycles. The summed E-state index contributed by atoms with van der Waals surface area (Å²) in [5.41, 5.74) is -0.498. The molecular formula is C7H12F2OS. The highest BCUT2D eigenvalue weighted by Crippen LogP contribution is 2.20. The molecule has 0 aliphatic carbocycles. The van der Waals surface area contributed by atoms with Gasteiger partial charge in [-0.05, 0) is 0 Å². The summed E-state index contributed by atoms with van der Waals surface area (Å²) in [5, 5.41) is 0. The average Bonchev–Trinajstić information content (AvgIpc) is 1.80. The molecule has 11 heavy (non-hydrogen) atoms. The van der Waals surface area contributed by atoms with Crippen molar-refractivity contribution in [2.75, 3.05) is 5.75 Å². The number of carbonyl (C=O) groups excluding carboxylic acids is 1. The van der Waals surface area contributed by atoms with Gasteiger partial charge in [0.05, 0.1) is 5.75 Å². The van der Waals surface area contributed by atoms with E-state index in [1.165, 1.54) is 0 Å². The van der Waals surface area contributed by atoms with Gasteiger partial charge < -0.3 is 0 Å². The molecule has 0 aromatic rings. The first-order valence-corrected chi connectivity index (χ1v) is 4.32. The highest BCUT2D eigenvalue weighted by molar-refractivity contribution is 8.00. The minimum absolute atomic E-state index is 0.0961. The van der Waals surface area contributed by atoms with E-state index >= 15 is 0 Å². The Morgan fingerprint density at radius 2 is 1.91 bits per heavy atom. The fraction of sp³-hybridized carbons (Fsp3) is 0.857. The summed E-state index contributed by atoms with van der Waals surface area (Å²) in [5.74, 6) is -2.68. The molecule has 0 N–H and O–H groups in total. The van der Waals surface area contributed by atoms with Gasteiger partial charge in [0, 0.05) is 5.41 Å². The summed E-state index contributed by atoms with van der Waals surface area (Å²) in [7, 11) is 0. The van der Waals surface area contributed by atoms with Gasteiger partial charge in [-0.15, -0.1) is 0 Å². The third kappa shape index (κ3) is 5.18. The summed E-state index contributed by atoms with van der Waals surface area (Å²) in [6.45, 7) is 5.17. The Morgan fingerprint density at radius 1 is 1.45 bits per heavy atom. The number of hydrogen-bond acceptors (Lipinski definition) is 2. The van der Waals surface area contributed by atoms with Crippen LogP contribution in [0.4, 0.5) is 8.78 Å². The van der Waals surface area contributed by atoms with Gasteiger partial charge in [-0.3, -0.25) is 4.79 Å². The Hall–Kier alpha value is -0.120. The maximum Gasteiger partial charge on any atom is 0.284 e. The van der Waals surface area contributed by atoms with E-state index in [2.05, 4.69) is 0 Å². The van der Waals surface area contributed by atoms with E-state index < -0.39 is 11.2 Å². The number of alkyl halides is 2.